The third-order valence-corrected chi connectivity index (χ3v) is 3.94. The highest BCUT2D eigenvalue weighted by molar-refractivity contribution is 9.10. The molecule has 0 spiro atoms. The van der Waals surface area contributed by atoms with Crippen LogP contribution in [-0.2, 0) is 0 Å². The summed E-state index contributed by atoms with van der Waals surface area (Å²) in [4.78, 5) is 4.63. The molecule has 4 heteroatoms. The van der Waals surface area contributed by atoms with Crippen molar-refractivity contribution in [3.63, 3.8) is 0 Å². The molecule has 19 heavy (non-hydrogen) atoms. The van der Waals surface area contributed by atoms with Gasteiger partial charge >= 0.3 is 0 Å². The van der Waals surface area contributed by atoms with Gasteiger partial charge in [0.15, 0.2) is 0 Å². The molecule has 0 saturated heterocycles. The van der Waals surface area contributed by atoms with Gasteiger partial charge in [-0.05, 0) is 68.5 Å². The Labute approximate surface area is 125 Å². The number of halogens is 1. The van der Waals surface area contributed by atoms with E-state index in [-0.39, 0.29) is 6.04 Å². The van der Waals surface area contributed by atoms with Gasteiger partial charge in [-0.15, -0.1) is 0 Å². The molecule has 0 saturated carbocycles. The van der Waals surface area contributed by atoms with Crippen LogP contribution in [0.4, 0.5) is 5.69 Å². The van der Waals surface area contributed by atoms with Crippen LogP contribution in [0.2, 0.25) is 0 Å². The van der Waals surface area contributed by atoms with Crippen LogP contribution in [-0.4, -0.2) is 38.1 Å². The van der Waals surface area contributed by atoms with Crippen LogP contribution in [0, 0.1) is 0 Å². The fourth-order valence-corrected chi connectivity index (χ4v) is 3.01. The first-order valence-corrected chi connectivity index (χ1v) is 7.62. The van der Waals surface area contributed by atoms with E-state index < -0.39 is 0 Å². The summed E-state index contributed by atoms with van der Waals surface area (Å²) in [5.41, 5.74) is 8.32. The Kier molecular flexibility index (Phi) is 6.30. The molecule has 1 rings (SSSR count). The van der Waals surface area contributed by atoms with E-state index in [1.54, 1.807) is 0 Å². The predicted octanol–water partition coefficient (Wildman–Crippen LogP) is 3.25. The van der Waals surface area contributed by atoms with Gasteiger partial charge in [-0.25, -0.2) is 0 Å². The maximum atomic E-state index is 5.93. The molecule has 1 aromatic rings. The number of hydrogen-bond acceptors (Lipinski definition) is 3. The van der Waals surface area contributed by atoms with Gasteiger partial charge in [0.1, 0.15) is 0 Å². The summed E-state index contributed by atoms with van der Waals surface area (Å²) < 4.78 is 1.12. The minimum atomic E-state index is 0.0691. The Balaban J connectivity index is 2.98. The molecule has 2 N–H and O–H groups in total. The van der Waals surface area contributed by atoms with E-state index in [4.69, 9.17) is 5.73 Å². The van der Waals surface area contributed by atoms with Gasteiger partial charge in [0.2, 0.25) is 0 Å². The molecule has 2 atom stereocenters. The Morgan fingerprint density at radius 3 is 2.32 bits per heavy atom. The minimum Gasteiger partial charge on any atom is -0.367 e. The van der Waals surface area contributed by atoms with Crippen molar-refractivity contribution in [1.82, 2.24) is 4.90 Å². The SMILES string of the molecule is CCN(c1ccc(C(C)N)cc1Br)C(C)CN(C)C. The largest absolute Gasteiger partial charge is 0.367 e. The van der Waals surface area contributed by atoms with Gasteiger partial charge in [0.05, 0.1) is 5.69 Å². The normalized spacial score (nSPS) is 14.5. The van der Waals surface area contributed by atoms with Gasteiger partial charge in [0, 0.05) is 29.6 Å². The third-order valence-electron chi connectivity index (χ3n) is 3.31. The number of rotatable bonds is 6. The van der Waals surface area contributed by atoms with E-state index in [1.807, 2.05) is 6.92 Å². The van der Waals surface area contributed by atoms with Crippen molar-refractivity contribution in [2.45, 2.75) is 32.9 Å². The molecule has 0 amide bonds. The van der Waals surface area contributed by atoms with Crippen molar-refractivity contribution in [2.75, 3.05) is 32.1 Å². The minimum absolute atomic E-state index is 0.0691. The quantitative estimate of drug-likeness (QED) is 0.870. The van der Waals surface area contributed by atoms with Crippen LogP contribution < -0.4 is 10.6 Å². The summed E-state index contributed by atoms with van der Waals surface area (Å²) >= 11 is 3.68. The van der Waals surface area contributed by atoms with Crippen molar-refractivity contribution >= 4 is 21.6 Å². The highest BCUT2D eigenvalue weighted by atomic mass is 79.9. The Morgan fingerprint density at radius 2 is 1.89 bits per heavy atom. The molecule has 1 aromatic carbocycles. The molecule has 0 aliphatic heterocycles. The van der Waals surface area contributed by atoms with Crippen molar-refractivity contribution in [1.29, 1.82) is 0 Å². The molecule has 2 unspecified atom stereocenters. The molecule has 108 valence electrons. The van der Waals surface area contributed by atoms with Gasteiger partial charge in [-0.3, -0.25) is 0 Å². The van der Waals surface area contributed by atoms with E-state index in [2.05, 4.69) is 71.9 Å². The average Bonchev–Trinajstić information content (AvgIpc) is 2.30. The summed E-state index contributed by atoms with van der Waals surface area (Å²) in [6.45, 7) is 8.49. The predicted molar refractivity (Wildman–Crippen MR) is 87.8 cm³/mol. The Morgan fingerprint density at radius 1 is 1.26 bits per heavy atom. The zero-order chi connectivity index (χ0) is 14.6. The molecule has 0 bridgehead atoms. The van der Waals surface area contributed by atoms with Gasteiger partial charge in [0.25, 0.3) is 0 Å². The van der Waals surface area contributed by atoms with Crippen LogP contribution in [0.25, 0.3) is 0 Å². The second-order valence-electron chi connectivity index (χ2n) is 5.40. The number of anilines is 1. The smallest absolute Gasteiger partial charge is 0.0513 e. The van der Waals surface area contributed by atoms with E-state index in [0.29, 0.717) is 6.04 Å². The lowest BCUT2D eigenvalue weighted by Crippen LogP contribution is -2.40. The number of benzene rings is 1. The molecule has 0 aliphatic carbocycles. The van der Waals surface area contributed by atoms with E-state index >= 15 is 0 Å². The van der Waals surface area contributed by atoms with Gasteiger partial charge in [-0.1, -0.05) is 6.07 Å². The third kappa shape index (κ3) is 4.48. The van der Waals surface area contributed by atoms with Crippen molar-refractivity contribution in [3.05, 3.63) is 28.2 Å². The van der Waals surface area contributed by atoms with Crippen LogP contribution in [0.3, 0.4) is 0 Å². The van der Waals surface area contributed by atoms with Crippen LogP contribution >= 0.6 is 15.9 Å². The average molecular weight is 328 g/mol. The number of nitrogens with zero attached hydrogens (tertiary/aromatic N) is 2. The molecule has 0 fully saturated rings. The Bertz CT molecular complexity index is 404. The highest BCUT2D eigenvalue weighted by Gasteiger charge is 2.16. The van der Waals surface area contributed by atoms with E-state index in [9.17, 15) is 0 Å². The topological polar surface area (TPSA) is 32.5 Å². The van der Waals surface area contributed by atoms with Crippen molar-refractivity contribution in [3.8, 4) is 0 Å². The fourth-order valence-electron chi connectivity index (χ4n) is 2.39. The zero-order valence-corrected chi connectivity index (χ0v) is 14.2. The lowest BCUT2D eigenvalue weighted by atomic mass is 10.1. The summed E-state index contributed by atoms with van der Waals surface area (Å²) in [7, 11) is 4.22. The number of likely N-dealkylation sites (N-methyl/N-ethyl adjacent to an activating group) is 2. The van der Waals surface area contributed by atoms with Crippen molar-refractivity contribution in [2.24, 2.45) is 5.73 Å². The second-order valence-corrected chi connectivity index (χ2v) is 6.25. The summed E-state index contributed by atoms with van der Waals surface area (Å²) in [5.74, 6) is 0. The summed E-state index contributed by atoms with van der Waals surface area (Å²) in [5, 5.41) is 0. The molecule has 0 radical (unpaired) electrons. The maximum absolute atomic E-state index is 5.93. The second kappa shape index (κ2) is 7.27. The standard InChI is InChI=1S/C15H26BrN3/c1-6-19(11(2)10-18(4)5)15-8-7-13(12(3)17)9-14(15)16/h7-9,11-12H,6,10,17H2,1-5H3. The molecule has 0 aromatic heterocycles. The van der Waals surface area contributed by atoms with Gasteiger partial charge in [-0.2, -0.15) is 0 Å². The first-order valence-electron chi connectivity index (χ1n) is 6.83. The lowest BCUT2D eigenvalue weighted by Gasteiger charge is -2.33. The molecule has 0 aliphatic rings. The van der Waals surface area contributed by atoms with Crippen LogP contribution in [0.5, 0.6) is 0 Å². The monoisotopic (exact) mass is 327 g/mol. The first kappa shape index (κ1) is 16.5. The molecule has 3 nitrogen and oxygen atoms in total. The van der Waals surface area contributed by atoms with Crippen LogP contribution in [0.15, 0.2) is 22.7 Å². The molecular formula is C15H26BrN3. The Hall–Kier alpha value is -0.580. The lowest BCUT2D eigenvalue weighted by molar-refractivity contribution is 0.373. The number of hydrogen-bond donors (Lipinski definition) is 1. The first-order chi connectivity index (χ1) is 8.86. The summed E-state index contributed by atoms with van der Waals surface area (Å²) in [6.07, 6.45) is 0. The number of nitrogens with two attached hydrogens (primary N) is 1. The van der Waals surface area contributed by atoms with E-state index in [0.717, 1.165) is 23.1 Å². The van der Waals surface area contributed by atoms with Crippen LogP contribution in [0.1, 0.15) is 32.4 Å². The van der Waals surface area contributed by atoms with Gasteiger partial charge < -0.3 is 15.5 Å². The van der Waals surface area contributed by atoms with E-state index in [1.165, 1.54) is 5.69 Å². The fraction of sp³-hybridized carbons (Fsp3) is 0.600. The molecule has 0 heterocycles. The molecular weight excluding hydrogens is 302 g/mol. The van der Waals surface area contributed by atoms with Crippen molar-refractivity contribution < 1.29 is 0 Å². The maximum Gasteiger partial charge on any atom is 0.0513 e. The highest BCUT2D eigenvalue weighted by Crippen LogP contribution is 2.30. The zero-order valence-electron chi connectivity index (χ0n) is 12.7. The summed E-state index contributed by atoms with van der Waals surface area (Å²) in [6, 6.07) is 6.95.